The number of amidine groups is 1. The third-order valence-corrected chi connectivity index (χ3v) is 3.64. The van der Waals surface area contributed by atoms with Gasteiger partial charge in [0, 0.05) is 0 Å². The Kier molecular flexibility index (Phi) is 3.66. The first-order valence-corrected chi connectivity index (χ1v) is 6.24. The quantitative estimate of drug-likeness (QED) is 0.532. The van der Waals surface area contributed by atoms with Crippen LogP contribution in [0.1, 0.15) is 12.5 Å². The molecule has 0 aliphatic heterocycles. The SMILES string of the molecule is Cc1cccc(S(=O)(=O)NC(C)C(=N)N)c1. The largest absolute Gasteiger partial charge is 0.386 e. The van der Waals surface area contributed by atoms with E-state index in [2.05, 4.69) is 4.72 Å². The normalized spacial score (nSPS) is 13.4. The highest BCUT2D eigenvalue weighted by Crippen LogP contribution is 2.10. The lowest BCUT2D eigenvalue weighted by Crippen LogP contribution is -2.41. The molecule has 0 bridgehead atoms. The Morgan fingerprint density at radius 1 is 1.50 bits per heavy atom. The number of nitrogens with one attached hydrogen (secondary N) is 2. The number of benzene rings is 1. The molecule has 0 aliphatic rings. The Morgan fingerprint density at radius 2 is 2.12 bits per heavy atom. The molecule has 0 amide bonds. The van der Waals surface area contributed by atoms with E-state index in [-0.39, 0.29) is 10.7 Å². The molecule has 4 N–H and O–H groups in total. The minimum Gasteiger partial charge on any atom is -0.386 e. The minimum atomic E-state index is -3.60. The average Bonchev–Trinajstić information content (AvgIpc) is 2.17. The van der Waals surface area contributed by atoms with Gasteiger partial charge in [-0.1, -0.05) is 12.1 Å². The lowest BCUT2D eigenvalue weighted by atomic mass is 10.2. The fourth-order valence-corrected chi connectivity index (χ4v) is 2.47. The van der Waals surface area contributed by atoms with Crippen molar-refractivity contribution in [3.63, 3.8) is 0 Å². The van der Waals surface area contributed by atoms with Crippen molar-refractivity contribution in [2.75, 3.05) is 0 Å². The number of rotatable bonds is 4. The number of aryl methyl sites for hydroxylation is 1. The first-order valence-electron chi connectivity index (χ1n) is 4.76. The van der Waals surface area contributed by atoms with Crippen molar-refractivity contribution in [2.24, 2.45) is 5.73 Å². The van der Waals surface area contributed by atoms with Gasteiger partial charge < -0.3 is 5.73 Å². The lowest BCUT2D eigenvalue weighted by molar-refractivity contribution is 0.578. The molecule has 1 atom stereocenters. The molecular weight excluding hydrogens is 226 g/mol. The molecular formula is C10H15N3O2S. The van der Waals surface area contributed by atoms with E-state index in [4.69, 9.17) is 11.1 Å². The Balaban J connectivity index is 2.99. The van der Waals surface area contributed by atoms with Gasteiger partial charge in [0.05, 0.1) is 10.9 Å². The van der Waals surface area contributed by atoms with Gasteiger partial charge in [0.25, 0.3) is 0 Å². The Morgan fingerprint density at radius 3 is 2.62 bits per heavy atom. The highest BCUT2D eigenvalue weighted by atomic mass is 32.2. The summed E-state index contributed by atoms with van der Waals surface area (Å²) in [7, 11) is -3.60. The van der Waals surface area contributed by atoms with E-state index < -0.39 is 16.1 Å². The zero-order chi connectivity index (χ0) is 12.3. The van der Waals surface area contributed by atoms with Gasteiger partial charge >= 0.3 is 0 Å². The smallest absolute Gasteiger partial charge is 0.241 e. The molecule has 0 radical (unpaired) electrons. The molecule has 1 rings (SSSR count). The standard InChI is InChI=1S/C10H15N3O2S/c1-7-4-3-5-9(6-7)16(14,15)13-8(2)10(11)12/h3-6,8,13H,1-2H3,(H3,11,12). The van der Waals surface area contributed by atoms with Gasteiger partial charge in [-0.2, -0.15) is 0 Å². The summed E-state index contributed by atoms with van der Waals surface area (Å²) in [6.45, 7) is 3.34. The lowest BCUT2D eigenvalue weighted by Gasteiger charge is -2.12. The fourth-order valence-electron chi connectivity index (χ4n) is 1.15. The highest BCUT2D eigenvalue weighted by molar-refractivity contribution is 7.89. The van der Waals surface area contributed by atoms with E-state index in [0.717, 1.165) is 5.56 Å². The predicted octanol–water partition coefficient (Wildman–Crippen LogP) is 0.598. The number of hydrogen-bond acceptors (Lipinski definition) is 3. The van der Waals surface area contributed by atoms with Crippen LogP contribution in [0.15, 0.2) is 29.2 Å². The number of hydrogen-bond donors (Lipinski definition) is 3. The van der Waals surface area contributed by atoms with Gasteiger partial charge in [0.1, 0.15) is 5.84 Å². The molecule has 0 saturated carbocycles. The monoisotopic (exact) mass is 241 g/mol. The highest BCUT2D eigenvalue weighted by Gasteiger charge is 2.18. The average molecular weight is 241 g/mol. The van der Waals surface area contributed by atoms with Gasteiger partial charge in [-0.25, -0.2) is 13.1 Å². The van der Waals surface area contributed by atoms with Crippen LogP contribution in [0.2, 0.25) is 0 Å². The van der Waals surface area contributed by atoms with Crippen molar-refractivity contribution >= 4 is 15.9 Å². The van der Waals surface area contributed by atoms with Crippen LogP contribution < -0.4 is 10.5 Å². The van der Waals surface area contributed by atoms with Crippen LogP contribution in [0, 0.1) is 12.3 Å². The van der Waals surface area contributed by atoms with Crippen molar-refractivity contribution in [2.45, 2.75) is 24.8 Å². The maximum absolute atomic E-state index is 11.8. The minimum absolute atomic E-state index is 0.181. The number of nitrogens with two attached hydrogens (primary N) is 1. The zero-order valence-electron chi connectivity index (χ0n) is 9.19. The molecule has 16 heavy (non-hydrogen) atoms. The molecule has 0 spiro atoms. The molecule has 1 unspecified atom stereocenters. The Labute approximate surface area is 95.2 Å². The summed E-state index contributed by atoms with van der Waals surface area (Å²) >= 11 is 0. The van der Waals surface area contributed by atoms with Crippen molar-refractivity contribution < 1.29 is 8.42 Å². The Bertz CT molecular complexity index is 497. The maximum atomic E-state index is 11.8. The van der Waals surface area contributed by atoms with E-state index in [1.54, 1.807) is 12.1 Å². The van der Waals surface area contributed by atoms with E-state index >= 15 is 0 Å². The first kappa shape index (κ1) is 12.7. The second-order valence-corrected chi connectivity index (χ2v) is 5.33. The van der Waals surface area contributed by atoms with Gasteiger partial charge in [-0.3, -0.25) is 5.41 Å². The molecule has 6 heteroatoms. The molecule has 0 aliphatic carbocycles. The number of sulfonamides is 1. The molecule has 0 aromatic heterocycles. The van der Waals surface area contributed by atoms with Crippen molar-refractivity contribution in [1.82, 2.24) is 4.72 Å². The topological polar surface area (TPSA) is 96.0 Å². The van der Waals surface area contributed by atoms with E-state index in [0.29, 0.717) is 0 Å². The molecule has 5 nitrogen and oxygen atoms in total. The van der Waals surface area contributed by atoms with Crippen LogP contribution in [0.5, 0.6) is 0 Å². The van der Waals surface area contributed by atoms with E-state index in [9.17, 15) is 8.42 Å². The van der Waals surface area contributed by atoms with Crippen LogP contribution in [0.3, 0.4) is 0 Å². The van der Waals surface area contributed by atoms with Crippen LogP contribution in [0.25, 0.3) is 0 Å². The third kappa shape index (κ3) is 3.04. The van der Waals surface area contributed by atoms with Crippen LogP contribution in [-0.4, -0.2) is 20.3 Å². The molecule has 0 heterocycles. The molecule has 0 fully saturated rings. The van der Waals surface area contributed by atoms with Crippen molar-refractivity contribution in [1.29, 1.82) is 5.41 Å². The summed E-state index contributed by atoms with van der Waals surface area (Å²) < 4.78 is 26.0. The predicted molar refractivity (Wildman–Crippen MR) is 62.9 cm³/mol. The second-order valence-electron chi connectivity index (χ2n) is 3.61. The molecule has 0 saturated heterocycles. The molecule has 1 aromatic rings. The van der Waals surface area contributed by atoms with Crippen molar-refractivity contribution in [3.05, 3.63) is 29.8 Å². The maximum Gasteiger partial charge on any atom is 0.241 e. The van der Waals surface area contributed by atoms with Gasteiger partial charge in [0.15, 0.2) is 0 Å². The van der Waals surface area contributed by atoms with E-state index in [1.807, 2.05) is 13.0 Å². The van der Waals surface area contributed by atoms with Crippen LogP contribution in [0.4, 0.5) is 0 Å². The summed E-state index contributed by atoms with van der Waals surface area (Å²) in [4.78, 5) is 0.181. The Hall–Kier alpha value is -1.40. The van der Waals surface area contributed by atoms with Crippen LogP contribution >= 0.6 is 0 Å². The van der Waals surface area contributed by atoms with E-state index in [1.165, 1.54) is 13.0 Å². The first-order chi connectivity index (χ1) is 7.33. The molecule has 88 valence electrons. The summed E-state index contributed by atoms with van der Waals surface area (Å²) in [5.41, 5.74) is 6.07. The summed E-state index contributed by atoms with van der Waals surface area (Å²) in [6.07, 6.45) is 0. The second kappa shape index (κ2) is 4.63. The van der Waals surface area contributed by atoms with Crippen molar-refractivity contribution in [3.8, 4) is 0 Å². The third-order valence-electron chi connectivity index (χ3n) is 2.10. The van der Waals surface area contributed by atoms with Gasteiger partial charge in [-0.15, -0.1) is 0 Å². The summed E-state index contributed by atoms with van der Waals surface area (Å²) in [5, 5.41) is 7.14. The van der Waals surface area contributed by atoms with Gasteiger partial charge in [0.2, 0.25) is 10.0 Å². The zero-order valence-corrected chi connectivity index (χ0v) is 10.0. The summed E-state index contributed by atoms with van der Waals surface area (Å²) in [6, 6.07) is 5.85. The molecule has 1 aromatic carbocycles. The van der Waals surface area contributed by atoms with Gasteiger partial charge in [-0.05, 0) is 31.5 Å². The fraction of sp³-hybridized carbons (Fsp3) is 0.300. The summed E-state index contributed by atoms with van der Waals surface area (Å²) in [5.74, 6) is -0.212. The van der Waals surface area contributed by atoms with Crippen LogP contribution in [-0.2, 0) is 10.0 Å².